The molecule has 1 aliphatic heterocycles. The second kappa shape index (κ2) is 13.1. The Morgan fingerprint density at radius 3 is 2.25 bits per heavy atom. The molecule has 0 bridgehead atoms. The van der Waals surface area contributed by atoms with E-state index in [1.807, 2.05) is 6.92 Å². The molecule has 0 aromatic carbocycles. The summed E-state index contributed by atoms with van der Waals surface area (Å²) < 4.78 is 0. The number of likely N-dealkylation sites (tertiary alicyclic amines) is 1. The van der Waals surface area contributed by atoms with Crippen LogP contribution in [0.25, 0.3) is 0 Å². The van der Waals surface area contributed by atoms with E-state index < -0.39 is 36.0 Å². The molecule has 11 heteroatoms. The van der Waals surface area contributed by atoms with Crippen LogP contribution in [0.5, 0.6) is 0 Å². The fourth-order valence-electron chi connectivity index (χ4n) is 4.15. The molecule has 1 aliphatic rings. The van der Waals surface area contributed by atoms with Gasteiger partial charge in [0.05, 0.1) is 12.2 Å². The van der Waals surface area contributed by atoms with Gasteiger partial charge in [-0.2, -0.15) is 0 Å². The summed E-state index contributed by atoms with van der Waals surface area (Å²) in [6, 6.07) is -3.16. The molecule has 5 atom stereocenters. The summed E-state index contributed by atoms with van der Waals surface area (Å²) in [4.78, 5) is 72.8. The summed E-state index contributed by atoms with van der Waals surface area (Å²) in [7, 11) is 0. The molecular formula is C25H38N6O5. The van der Waals surface area contributed by atoms with Crippen molar-refractivity contribution in [2.75, 3.05) is 6.54 Å². The van der Waals surface area contributed by atoms with Crippen LogP contribution >= 0.6 is 0 Å². The van der Waals surface area contributed by atoms with Crippen molar-refractivity contribution in [1.82, 2.24) is 30.8 Å². The van der Waals surface area contributed by atoms with E-state index in [2.05, 4.69) is 25.9 Å². The lowest BCUT2D eigenvalue weighted by Gasteiger charge is -2.32. The van der Waals surface area contributed by atoms with Gasteiger partial charge in [0.15, 0.2) is 0 Å². The van der Waals surface area contributed by atoms with Gasteiger partial charge in [-0.15, -0.1) is 0 Å². The number of amides is 4. The Bertz CT molecular complexity index is 938. The fourth-order valence-corrected chi connectivity index (χ4v) is 4.15. The van der Waals surface area contributed by atoms with Crippen molar-refractivity contribution >= 4 is 29.9 Å². The predicted molar refractivity (Wildman–Crippen MR) is 132 cm³/mol. The summed E-state index contributed by atoms with van der Waals surface area (Å²) >= 11 is 0. The predicted octanol–water partition coefficient (Wildman–Crippen LogP) is 0.703. The standard InChI is InChI=1S/C25H38N6O5/c1-7-17(13-32)28-23(34)19-10-16(6)12-31(19)25(36)21(15(4)5)30-24(35)20(14(2)3)29-22(33)18-11-26-8-9-27-18/h8-9,11,13-17,19-21H,7,10,12H2,1-6H3,(H,28,34)(H,29,33)(H,30,35). The molecule has 5 unspecified atom stereocenters. The number of aromatic nitrogens is 2. The van der Waals surface area contributed by atoms with Crippen LogP contribution in [0.15, 0.2) is 18.6 Å². The van der Waals surface area contributed by atoms with Crippen LogP contribution in [-0.2, 0) is 19.2 Å². The van der Waals surface area contributed by atoms with Crippen LogP contribution in [0.3, 0.4) is 0 Å². The van der Waals surface area contributed by atoms with Crippen LogP contribution in [0.4, 0.5) is 0 Å². The monoisotopic (exact) mass is 502 g/mol. The number of nitrogens with one attached hydrogen (secondary N) is 3. The van der Waals surface area contributed by atoms with E-state index in [1.54, 1.807) is 34.6 Å². The Kier molecular flexibility index (Phi) is 10.5. The average molecular weight is 503 g/mol. The van der Waals surface area contributed by atoms with E-state index in [1.165, 1.54) is 23.5 Å². The van der Waals surface area contributed by atoms with Crippen molar-refractivity contribution in [3.8, 4) is 0 Å². The van der Waals surface area contributed by atoms with Crippen LogP contribution in [0, 0.1) is 17.8 Å². The van der Waals surface area contributed by atoms with E-state index >= 15 is 0 Å². The van der Waals surface area contributed by atoms with Crippen LogP contribution in [0.1, 0.15) is 64.9 Å². The van der Waals surface area contributed by atoms with Gasteiger partial charge in [0.1, 0.15) is 30.1 Å². The van der Waals surface area contributed by atoms with Crippen molar-refractivity contribution in [3.63, 3.8) is 0 Å². The Labute approximate surface area is 212 Å². The second-order valence-corrected chi connectivity index (χ2v) is 10.0. The van der Waals surface area contributed by atoms with Crippen molar-refractivity contribution < 1.29 is 24.0 Å². The number of rotatable bonds is 11. The van der Waals surface area contributed by atoms with Gasteiger partial charge in [-0.25, -0.2) is 4.98 Å². The third-order valence-electron chi connectivity index (χ3n) is 6.29. The Morgan fingerprint density at radius 2 is 1.72 bits per heavy atom. The maximum absolute atomic E-state index is 13.6. The largest absolute Gasteiger partial charge is 0.345 e. The van der Waals surface area contributed by atoms with Crippen LogP contribution < -0.4 is 16.0 Å². The lowest BCUT2D eigenvalue weighted by atomic mass is 9.98. The first-order valence-electron chi connectivity index (χ1n) is 12.4. The van der Waals surface area contributed by atoms with Crippen LogP contribution in [0.2, 0.25) is 0 Å². The fraction of sp³-hybridized carbons (Fsp3) is 0.640. The van der Waals surface area contributed by atoms with Crippen LogP contribution in [-0.4, -0.2) is 75.5 Å². The van der Waals surface area contributed by atoms with E-state index in [0.717, 1.165) is 0 Å². The van der Waals surface area contributed by atoms with Gasteiger partial charge in [0, 0.05) is 18.9 Å². The topological polar surface area (TPSA) is 150 Å². The summed E-state index contributed by atoms with van der Waals surface area (Å²) in [6.07, 6.45) is 5.73. The zero-order valence-electron chi connectivity index (χ0n) is 21.9. The Morgan fingerprint density at radius 1 is 1.06 bits per heavy atom. The van der Waals surface area contributed by atoms with E-state index in [-0.39, 0.29) is 35.3 Å². The van der Waals surface area contributed by atoms with Gasteiger partial charge in [-0.3, -0.25) is 24.2 Å². The van der Waals surface area contributed by atoms with Crippen molar-refractivity contribution in [1.29, 1.82) is 0 Å². The third kappa shape index (κ3) is 7.32. The summed E-state index contributed by atoms with van der Waals surface area (Å²) in [6.45, 7) is 11.3. The molecule has 3 N–H and O–H groups in total. The number of carbonyl (C=O) groups is 5. The smallest absolute Gasteiger partial charge is 0.272 e. The van der Waals surface area contributed by atoms with Gasteiger partial charge in [-0.05, 0) is 30.6 Å². The molecule has 0 aliphatic carbocycles. The highest BCUT2D eigenvalue weighted by Gasteiger charge is 2.42. The first-order valence-corrected chi connectivity index (χ1v) is 12.4. The number of nitrogens with zero attached hydrogens (tertiary/aromatic N) is 3. The summed E-state index contributed by atoms with van der Waals surface area (Å²) in [5.74, 6) is -2.26. The SMILES string of the molecule is CCC(C=O)NC(=O)C1CC(C)CN1C(=O)C(NC(=O)C(NC(=O)c1cnccn1)C(C)C)C(C)C. The highest BCUT2D eigenvalue weighted by molar-refractivity contribution is 5.98. The molecule has 4 amide bonds. The van der Waals surface area contributed by atoms with Gasteiger partial charge in [0.25, 0.3) is 5.91 Å². The lowest BCUT2D eigenvalue weighted by molar-refractivity contribution is -0.143. The Balaban J connectivity index is 2.18. The minimum absolute atomic E-state index is 0.0769. The van der Waals surface area contributed by atoms with Crippen molar-refractivity contribution in [2.45, 2.75) is 78.6 Å². The van der Waals surface area contributed by atoms with Gasteiger partial charge in [-0.1, -0.05) is 41.5 Å². The molecule has 2 heterocycles. The molecule has 36 heavy (non-hydrogen) atoms. The molecule has 1 aromatic rings. The van der Waals surface area contributed by atoms with Gasteiger partial charge < -0.3 is 25.6 Å². The van der Waals surface area contributed by atoms with Gasteiger partial charge >= 0.3 is 0 Å². The molecule has 2 rings (SSSR count). The molecule has 1 fully saturated rings. The zero-order chi connectivity index (χ0) is 27.0. The highest BCUT2D eigenvalue weighted by Crippen LogP contribution is 2.25. The zero-order valence-corrected chi connectivity index (χ0v) is 21.9. The van der Waals surface area contributed by atoms with E-state index in [9.17, 15) is 24.0 Å². The number of hydrogen-bond donors (Lipinski definition) is 3. The first kappa shape index (κ1) is 28.9. The van der Waals surface area contributed by atoms with E-state index in [4.69, 9.17) is 0 Å². The van der Waals surface area contributed by atoms with E-state index in [0.29, 0.717) is 25.7 Å². The minimum atomic E-state index is -0.914. The molecule has 11 nitrogen and oxygen atoms in total. The quantitative estimate of drug-likeness (QED) is 0.377. The number of aldehydes is 1. The first-order chi connectivity index (χ1) is 17.0. The normalized spacial score (nSPS) is 19.9. The highest BCUT2D eigenvalue weighted by atomic mass is 16.2. The molecule has 0 radical (unpaired) electrons. The average Bonchev–Trinajstić information content (AvgIpc) is 3.25. The second-order valence-electron chi connectivity index (χ2n) is 10.0. The molecule has 1 aromatic heterocycles. The van der Waals surface area contributed by atoms with Crippen molar-refractivity contribution in [3.05, 3.63) is 24.3 Å². The molecular weight excluding hydrogens is 464 g/mol. The maximum atomic E-state index is 13.6. The molecule has 198 valence electrons. The Hall–Kier alpha value is -3.37. The lowest BCUT2D eigenvalue weighted by Crippen LogP contribution is -2.59. The third-order valence-corrected chi connectivity index (χ3v) is 6.29. The van der Waals surface area contributed by atoms with Crippen molar-refractivity contribution in [2.24, 2.45) is 17.8 Å². The molecule has 0 saturated carbocycles. The van der Waals surface area contributed by atoms with Gasteiger partial charge in [0.2, 0.25) is 17.7 Å². The number of carbonyl (C=O) groups excluding carboxylic acids is 5. The minimum Gasteiger partial charge on any atom is -0.345 e. The molecule has 0 spiro atoms. The summed E-state index contributed by atoms with van der Waals surface area (Å²) in [5.41, 5.74) is 0.0769. The summed E-state index contributed by atoms with van der Waals surface area (Å²) in [5, 5.41) is 8.17. The maximum Gasteiger partial charge on any atom is 0.272 e. The molecule has 1 saturated heterocycles. The number of hydrogen-bond acceptors (Lipinski definition) is 7.